The van der Waals surface area contributed by atoms with Crippen LogP contribution in [0, 0.1) is 11.8 Å². The van der Waals surface area contributed by atoms with Gasteiger partial charge in [0, 0.05) is 11.9 Å². The van der Waals surface area contributed by atoms with Crippen LogP contribution in [0.3, 0.4) is 0 Å². The Morgan fingerprint density at radius 3 is 2.61 bits per heavy atom. The number of unbranched alkanes of at least 4 members (excludes halogenated alkanes) is 1. The van der Waals surface area contributed by atoms with Crippen molar-refractivity contribution in [2.45, 2.75) is 57.7 Å². The number of carboxylic acids is 1. The van der Waals surface area contributed by atoms with Gasteiger partial charge in [-0.25, -0.2) is 0 Å². The van der Waals surface area contributed by atoms with Crippen LogP contribution < -0.4 is 5.11 Å². The number of allylic oxidation sites excluding steroid dienone is 7. The molecule has 3 nitrogen and oxygen atoms in total. The largest absolute Gasteiger partial charge is 0.550 e. The average molecular weight is 315 g/mol. The van der Waals surface area contributed by atoms with Crippen molar-refractivity contribution in [2.24, 2.45) is 11.8 Å². The van der Waals surface area contributed by atoms with E-state index >= 15 is 0 Å². The number of hydrogen-bond donors (Lipinski definition) is 0. The number of carbonyl (C=O) groups excluding carboxylic acids is 1. The van der Waals surface area contributed by atoms with Gasteiger partial charge in [-0.2, -0.15) is 0 Å². The molecule has 2 rings (SSSR count). The van der Waals surface area contributed by atoms with Crippen molar-refractivity contribution < 1.29 is 14.6 Å². The normalized spacial score (nSPS) is 30.1. The molecule has 1 saturated carbocycles. The quantitative estimate of drug-likeness (QED) is 0.353. The Bertz CT molecular complexity index is 487. The molecule has 0 aromatic heterocycles. The van der Waals surface area contributed by atoms with Crippen LogP contribution in [0.4, 0.5) is 0 Å². The number of carbonyl (C=O) groups is 1. The summed E-state index contributed by atoms with van der Waals surface area (Å²) in [6.45, 7) is 2.08. The first-order chi connectivity index (χ1) is 11.2. The fourth-order valence-electron chi connectivity index (χ4n) is 3.22. The maximum atomic E-state index is 10.2. The van der Waals surface area contributed by atoms with E-state index in [4.69, 9.17) is 4.74 Å². The Kier molecular flexibility index (Phi) is 7.34. The third kappa shape index (κ3) is 6.19. The Labute approximate surface area is 139 Å². The first-order valence-corrected chi connectivity index (χ1v) is 8.67. The van der Waals surface area contributed by atoms with Crippen molar-refractivity contribution in [2.75, 3.05) is 0 Å². The number of hydrogen-bond acceptors (Lipinski definition) is 3. The van der Waals surface area contributed by atoms with Crippen LogP contribution in [0.15, 0.2) is 48.6 Å². The molecule has 0 unspecified atom stereocenters. The van der Waals surface area contributed by atoms with Gasteiger partial charge in [0.05, 0.1) is 12.2 Å². The monoisotopic (exact) mass is 315 g/mol. The number of rotatable bonds is 10. The summed E-state index contributed by atoms with van der Waals surface area (Å²) >= 11 is 0. The zero-order chi connectivity index (χ0) is 16.5. The van der Waals surface area contributed by atoms with E-state index in [0.717, 1.165) is 19.3 Å². The second kappa shape index (κ2) is 9.51. The smallest absolute Gasteiger partial charge is 0.0910 e. The van der Waals surface area contributed by atoms with E-state index in [9.17, 15) is 9.90 Å². The number of epoxide rings is 1. The average Bonchev–Trinajstić information content (AvgIpc) is 3.20. The van der Waals surface area contributed by atoms with Crippen LogP contribution in [-0.2, 0) is 9.53 Å². The highest BCUT2D eigenvalue weighted by Crippen LogP contribution is 2.48. The van der Waals surface area contributed by atoms with Crippen molar-refractivity contribution in [3.63, 3.8) is 0 Å². The maximum Gasteiger partial charge on any atom is 0.0910 e. The van der Waals surface area contributed by atoms with Gasteiger partial charge in [0.15, 0.2) is 0 Å². The Hall–Kier alpha value is -1.61. The lowest BCUT2D eigenvalue weighted by Gasteiger charge is -2.14. The molecular weight excluding hydrogens is 288 g/mol. The van der Waals surface area contributed by atoms with Gasteiger partial charge in [0.2, 0.25) is 0 Å². The third-order valence-electron chi connectivity index (χ3n) is 4.43. The zero-order valence-electron chi connectivity index (χ0n) is 13.9. The predicted molar refractivity (Wildman–Crippen MR) is 90.6 cm³/mol. The summed E-state index contributed by atoms with van der Waals surface area (Å²) in [5.41, 5.74) is 0. The van der Waals surface area contributed by atoms with Crippen LogP contribution >= 0.6 is 0 Å². The number of ether oxygens (including phenoxy) is 1. The summed E-state index contributed by atoms with van der Waals surface area (Å²) in [5.74, 6) is 0.230. The summed E-state index contributed by atoms with van der Waals surface area (Å²) in [4.78, 5) is 10.2. The first kappa shape index (κ1) is 17.7. The van der Waals surface area contributed by atoms with Gasteiger partial charge in [-0.15, -0.1) is 0 Å². The van der Waals surface area contributed by atoms with Crippen molar-refractivity contribution in [3.05, 3.63) is 48.6 Å². The fraction of sp³-hybridized carbons (Fsp3) is 0.550. The molecular formula is C20H27O3-. The molecule has 0 aromatic rings. The SMILES string of the molecule is C/C=C/[C@@H]1C[C@@H]2O[C@@H]2[C@H]1/C=C\C/C=C\C/C=C\CCCC(=O)[O-]. The van der Waals surface area contributed by atoms with Crippen molar-refractivity contribution >= 4 is 5.97 Å². The van der Waals surface area contributed by atoms with Gasteiger partial charge >= 0.3 is 0 Å². The Morgan fingerprint density at radius 2 is 1.87 bits per heavy atom. The molecule has 2 fully saturated rings. The lowest BCUT2D eigenvalue weighted by atomic mass is 9.94. The molecule has 23 heavy (non-hydrogen) atoms. The summed E-state index contributed by atoms with van der Waals surface area (Å²) in [7, 11) is 0. The minimum Gasteiger partial charge on any atom is -0.550 e. The minimum atomic E-state index is -0.966. The van der Waals surface area contributed by atoms with Crippen LogP contribution in [0.1, 0.15) is 45.4 Å². The summed E-state index contributed by atoms with van der Waals surface area (Å²) in [5, 5.41) is 10.2. The van der Waals surface area contributed by atoms with Crippen LogP contribution in [0.2, 0.25) is 0 Å². The number of fused-ring (bicyclic) bond motifs is 1. The van der Waals surface area contributed by atoms with Gasteiger partial charge < -0.3 is 14.6 Å². The lowest BCUT2D eigenvalue weighted by Crippen LogP contribution is -2.21. The molecule has 4 atom stereocenters. The van der Waals surface area contributed by atoms with E-state index in [1.807, 2.05) is 6.08 Å². The molecule has 1 aliphatic carbocycles. The number of carboxylic acid groups (broad SMARTS) is 1. The van der Waals surface area contributed by atoms with Crippen molar-refractivity contribution in [1.29, 1.82) is 0 Å². The lowest BCUT2D eigenvalue weighted by molar-refractivity contribution is -0.305. The highest BCUT2D eigenvalue weighted by atomic mass is 16.6. The number of aliphatic carboxylic acids is 1. The van der Waals surface area contributed by atoms with Crippen molar-refractivity contribution in [1.82, 2.24) is 0 Å². The van der Waals surface area contributed by atoms with Gasteiger partial charge in [-0.1, -0.05) is 48.6 Å². The van der Waals surface area contributed by atoms with Gasteiger partial charge in [-0.3, -0.25) is 0 Å². The standard InChI is InChI=1S/C20H28O3/c1-2-12-16-15-18-20(23-18)17(16)13-10-8-6-4-3-5-7-9-11-14-19(21)22/h2,4-7,10,12-13,16-18,20H,3,8-9,11,14-15H2,1H3,(H,21,22)/p-1/b6-4-,7-5-,12-2+,13-10-/t16-,17+,18+,20-/m1/s1. The highest BCUT2D eigenvalue weighted by molar-refractivity contribution is 5.64. The molecule has 1 saturated heterocycles. The second-order valence-corrected chi connectivity index (χ2v) is 6.25. The molecule has 0 amide bonds. The van der Waals surface area contributed by atoms with Gasteiger partial charge in [0.1, 0.15) is 0 Å². The molecule has 0 radical (unpaired) electrons. The highest BCUT2D eigenvalue weighted by Gasteiger charge is 2.53. The molecule has 1 heterocycles. The van der Waals surface area contributed by atoms with E-state index in [2.05, 4.69) is 49.5 Å². The molecule has 0 spiro atoms. The zero-order valence-corrected chi connectivity index (χ0v) is 13.9. The van der Waals surface area contributed by atoms with E-state index in [0.29, 0.717) is 30.5 Å². The van der Waals surface area contributed by atoms with Crippen LogP contribution in [0.25, 0.3) is 0 Å². The second-order valence-electron chi connectivity index (χ2n) is 6.25. The van der Waals surface area contributed by atoms with E-state index < -0.39 is 5.97 Å². The topological polar surface area (TPSA) is 52.7 Å². The Morgan fingerprint density at radius 1 is 1.13 bits per heavy atom. The first-order valence-electron chi connectivity index (χ1n) is 8.67. The van der Waals surface area contributed by atoms with Crippen LogP contribution in [-0.4, -0.2) is 18.2 Å². The Balaban J connectivity index is 1.57. The molecule has 3 heteroatoms. The summed E-state index contributed by atoms with van der Waals surface area (Å²) < 4.78 is 5.65. The maximum absolute atomic E-state index is 10.2. The minimum absolute atomic E-state index is 0.145. The molecule has 0 N–H and O–H groups in total. The predicted octanol–water partition coefficient (Wildman–Crippen LogP) is 3.34. The molecule has 0 bridgehead atoms. The van der Waals surface area contributed by atoms with E-state index in [-0.39, 0.29) is 6.42 Å². The van der Waals surface area contributed by atoms with Crippen molar-refractivity contribution in [3.8, 4) is 0 Å². The summed E-state index contributed by atoms with van der Waals surface area (Å²) in [6, 6.07) is 0. The third-order valence-corrected chi connectivity index (χ3v) is 4.43. The molecule has 1 aliphatic heterocycles. The molecule has 126 valence electrons. The van der Waals surface area contributed by atoms with Gasteiger partial charge in [-0.05, 0) is 51.4 Å². The molecule has 2 aliphatic rings. The summed E-state index contributed by atoms with van der Waals surface area (Å²) in [6.07, 6.45) is 23.0. The van der Waals surface area contributed by atoms with Crippen LogP contribution in [0.5, 0.6) is 0 Å². The van der Waals surface area contributed by atoms with Gasteiger partial charge in [0.25, 0.3) is 0 Å². The fourth-order valence-corrected chi connectivity index (χ4v) is 3.22. The van der Waals surface area contributed by atoms with E-state index in [1.54, 1.807) is 0 Å². The molecule has 0 aromatic carbocycles. The van der Waals surface area contributed by atoms with E-state index in [1.165, 1.54) is 6.42 Å².